The first-order valence-corrected chi connectivity index (χ1v) is 10.7. The molecule has 8 heteroatoms. The molecule has 4 rings (SSSR count). The van der Waals surface area contributed by atoms with Crippen LogP contribution in [0.2, 0.25) is 0 Å². The number of amides is 1. The van der Waals surface area contributed by atoms with Crippen LogP contribution in [0.3, 0.4) is 0 Å². The van der Waals surface area contributed by atoms with E-state index in [1.807, 2.05) is 36.4 Å². The summed E-state index contributed by atoms with van der Waals surface area (Å²) in [5.74, 6) is 1.16. The van der Waals surface area contributed by atoms with E-state index in [0.29, 0.717) is 34.3 Å². The zero-order valence-electron chi connectivity index (χ0n) is 16.3. The van der Waals surface area contributed by atoms with Gasteiger partial charge in [-0.15, -0.1) is 0 Å². The smallest absolute Gasteiger partial charge is 0.260 e. The molecule has 2 aromatic heterocycles. The summed E-state index contributed by atoms with van der Waals surface area (Å²) in [7, 11) is 3.21. The first kappa shape index (κ1) is 20.3. The first-order chi connectivity index (χ1) is 14.6. The number of aromatic nitrogens is 2. The lowest BCUT2D eigenvalue weighted by Gasteiger charge is -2.20. The van der Waals surface area contributed by atoms with Crippen LogP contribution in [0.4, 0.5) is 5.13 Å². The van der Waals surface area contributed by atoms with Crippen LogP contribution in [0, 0.1) is 0 Å². The SMILES string of the molecule is COc1ccc(OC)c2sc(N(Cc3cccnc3)C(=O)c3cccc(Br)c3)nc12. The van der Waals surface area contributed by atoms with E-state index in [0.717, 1.165) is 14.7 Å². The number of hydrogen-bond acceptors (Lipinski definition) is 6. The molecule has 0 saturated heterocycles. The zero-order valence-corrected chi connectivity index (χ0v) is 18.7. The summed E-state index contributed by atoms with van der Waals surface area (Å²) in [4.78, 5) is 24.0. The van der Waals surface area contributed by atoms with E-state index in [9.17, 15) is 4.79 Å². The Hall–Kier alpha value is -2.97. The summed E-state index contributed by atoms with van der Waals surface area (Å²) >= 11 is 4.83. The average molecular weight is 484 g/mol. The minimum absolute atomic E-state index is 0.155. The molecule has 0 aliphatic carbocycles. The Labute approximate surface area is 186 Å². The third kappa shape index (κ3) is 4.01. The van der Waals surface area contributed by atoms with Crippen molar-refractivity contribution >= 4 is 48.5 Å². The Morgan fingerprint density at radius 1 is 1.10 bits per heavy atom. The Kier molecular flexibility index (Phi) is 5.96. The van der Waals surface area contributed by atoms with Crippen LogP contribution in [0.5, 0.6) is 11.5 Å². The first-order valence-electron chi connectivity index (χ1n) is 9.08. The molecule has 6 nitrogen and oxygen atoms in total. The Morgan fingerprint density at radius 3 is 2.60 bits per heavy atom. The molecule has 0 fully saturated rings. The quantitative estimate of drug-likeness (QED) is 0.371. The minimum atomic E-state index is -0.155. The number of methoxy groups -OCH3 is 2. The van der Waals surface area contributed by atoms with Gasteiger partial charge in [0.2, 0.25) is 0 Å². The predicted octanol–water partition coefficient (Wildman–Crippen LogP) is 5.32. The van der Waals surface area contributed by atoms with Gasteiger partial charge in [-0.1, -0.05) is 39.4 Å². The number of pyridine rings is 1. The van der Waals surface area contributed by atoms with E-state index in [4.69, 9.17) is 14.5 Å². The topological polar surface area (TPSA) is 64.6 Å². The van der Waals surface area contributed by atoms with Crippen molar-refractivity contribution in [1.82, 2.24) is 9.97 Å². The number of halogens is 1. The van der Waals surface area contributed by atoms with E-state index in [-0.39, 0.29) is 5.91 Å². The number of carbonyl (C=O) groups is 1. The fourth-order valence-corrected chi connectivity index (χ4v) is 4.54. The summed E-state index contributed by atoms with van der Waals surface area (Å²) < 4.78 is 12.6. The normalized spacial score (nSPS) is 10.8. The van der Waals surface area contributed by atoms with Crippen LogP contribution in [0.1, 0.15) is 15.9 Å². The number of anilines is 1. The van der Waals surface area contributed by atoms with E-state index in [1.54, 1.807) is 43.6 Å². The molecule has 0 bridgehead atoms. The molecule has 1 amide bonds. The van der Waals surface area contributed by atoms with Gasteiger partial charge in [0.25, 0.3) is 5.91 Å². The predicted molar refractivity (Wildman–Crippen MR) is 122 cm³/mol. The van der Waals surface area contributed by atoms with Crippen LogP contribution in [0.25, 0.3) is 10.2 Å². The van der Waals surface area contributed by atoms with Gasteiger partial charge in [-0.3, -0.25) is 14.7 Å². The second-order valence-corrected chi connectivity index (χ2v) is 8.30. The third-order valence-corrected chi connectivity index (χ3v) is 6.10. The molecule has 0 saturated carbocycles. The Bertz CT molecular complexity index is 1160. The highest BCUT2D eigenvalue weighted by atomic mass is 79.9. The second kappa shape index (κ2) is 8.81. The molecule has 0 radical (unpaired) electrons. The molecular formula is C22H18BrN3O3S. The molecule has 30 heavy (non-hydrogen) atoms. The van der Waals surface area contributed by atoms with Gasteiger partial charge in [0.05, 0.1) is 20.8 Å². The molecule has 0 spiro atoms. The number of rotatable bonds is 6. The summed E-state index contributed by atoms with van der Waals surface area (Å²) in [6.07, 6.45) is 3.45. The molecule has 0 atom stereocenters. The largest absolute Gasteiger partial charge is 0.495 e. The van der Waals surface area contributed by atoms with Crippen molar-refractivity contribution in [2.24, 2.45) is 0 Å². The molecule has 4 aromatic rings. The average Bonchev–Trinajstić information content (AvgIpc) is 3.22. The summed E-state index contributed by atoms with van der Waals surface area (Å²) in [6, 6.07) is 14.7. The number of nitrogens with zero attached hydrogens (tertiary/aromatic N) is 3. The number of ether oxygens (including phenoxy) is 2. The van der Waals surface area contributed by atoms with E-state index >= 15 is 0 Å². The lowest BCUT2D eigenvalue weighted by atomic mass is 10.2. The van der Waals surface area contributed by atoms with E-state index in [1.165, 1.54) is 11.3 Å². The highest BCUT2D eigenvalue weighted by molar-refractivity contribution is 9.10. The van der Waals surface area contributed by atoms with Gasteiger partial charge in [0, 0.05) is 22.4 Å². The highest BCUT2D eigenvalue weighted by Crippen LogP contribution is 2.40. The fraction of sp³-hybridized carbons (Fsp3) is 0.136. The second-order valence-electron chi connectivity index (χ2n) is 6.41. The van der Waals surface area contributed by atoms with Crippen LogP contribution >= 0.6 is 27.3 Å². The maximum Gasteiger partial charge on any atom is 0.260 e. The zero-order chi connectivity index (χ0) is 21.1. The van der Waals surface area contributed by atoms with Gasteiger partial charge >= 0.3 is 0 Å². The minimum Gasteiger partial charge on any atom is -0.495 e. The van der Waals surface area contributed by atoms with Gasteiger partial charge in [-0.25, -0.2) is 4.98 Å². The summed E-state index contributed by atoms with van der Waals surface area (Å²) in [5.41, 5.74) is 2.13. The molecular weight excluding hydrogens is 466 g/mol. The molecule has 0 N–H and O–H groups in total. The van der Waals surface area contributed by atoms with Gasteiger partial charge in [0.1, 0.15) is 21.7 Å². The lowest BCUT2D eigenvalue weighted by molar-refractivity contribution is 0.0985. The van der Waals surface area contributed by atoms with Crippen molar-refractivity contribution in [2.45, 2.75) is 6.54 Å². The van der Waals surface area contributed by atoms with Crippen molar-refractivity contribution in [1.29, 1.82) is 0 Å². The van der Waals surface area contributed by atoms with Crippen molar-refractivity contribution < 1.29 is 14.3 Å². The standard InChI is InChI=1S/C22H18BrN3O3S/c1-28-17-8-9-18(29-2)20-19(17)25-22(30-20)26(13-14-5-4-10-24-12-14)21(27)15-6-3-7-16(23)11-15/h3-12H,13H2,1-2H3. The van der Waals surface area contributed by atoms with Crippen LogP contribution in [-0.4, -0.2) is 30.1 Å². The van der Waals surface area contributed by atoms with E-state index in [2.05, 4.69) is 20.9 Å². The van der Waals surface area contributed by atoms with E-state index < -0.39 is 0 Å². The molecule has 0 aliphatic rings. The van der Waals surface area contributed by atoms with Crippen molar-refractivity contribution in [3.8, 4) is 11.5 Å². The summed E-state index contributed by atoms with van der Waals surface area (Å²) in [6.45, 7) is 0.337. The Morgan fingerprint density at radius 2 is 1.90 bits per heavy atom. The van der Waals surface area contributed by atoms with Crippen molar-refractivity contribution in [3.05, 3.63) is 76.5 Å². The highest BCUT2D eigenvalue weighted by Gasteiger charge is 2.24. The number of fused-ring (bicyclic) bond motifs is 1. The fourth-order valence-electron chi connectivity index (χ4n) is 3.07. The van der Waals surface area contributed by atoms with Crippen LogP contribution < -0.4 is 14.4 Å². The van der Waals surface area contributed by atoms with Crippen LogP contribution in [-0.2, 0) is 6.54 Å². The number of hydrogen-bond donors (Lipinski definition) is 0. The number of thiazole rings is 1. The van der Waals surface area contributed by atoms with Crippen LogP contribution in [0.15, 0.2) is 65.4 Å². The molecule has 2 heterocycles. The summed E-state index contributed by atoms with van der Waals surface area (Å²) in [5, 5.41) is 0.557. The molecule has 0 unspecified atom stereocenters. The molecule has 0 aliphatic heterocycles. The van der Waals surface area contributed by atoms with Gasteiger partial charge in [0.15, 0.2) is 5.13 Å². The Balaban J connectivity index is 1.84. The maximum atomic E-state index is 13.5. The van der Waals surface area contributed by atoms with Gasteiger partial charge in [-0.2, -0.15) is 0 Å². The lowest BCUT2D eigenvalue weighted by Crippen LogP contribution is -2.30. The molecule has 2 aromatic carbocycles. The van der Waals surface area contributed by atoms with Crippen molar-refractivity contribution in [3.63, 3.8) is 0 Å². The van der Waals surface area contributed by atoms with Crippen molar-refractivity contribution in [2.75, 3.05) is 19.1 Å². The monoisotopic (exact) mass is 483 g/mol. The number of benzene rings is 2. The van der Waals surface area contributed by atoms with Gasteiger partial charge in [-0.05, 0) is 42.0 Å². The van der Waals surface area contributed by atoms with Gasteiger partial charge < -0.3 is 9.47 Å². The molecule has 152 valence electrons. The maximum absolute atomic E-state index is 13.5. The number of carbonyl (C=O) groups excluding carboxylic acids is 1. The third-order valence-electron chi connectivity index (χ3n) is 4.51.